The zero-order valence-electron chi connectivity index (χ0n) is 9.61. The molecule has 2 nitrogen and oxygen atoms in total. The Morgan fingerprint density at radius 1 is 1.24 bits per heavy atom. The minimum Gasteiger partial charge on any atom is -0.378 e. The van der Waals surface area contributed by atoms with Crippen molar-refractivity contribution in [3.8, 4) is 0 Å². The Morgan fingerprint density at radius 3 is 2.59 bits per heavy atom. The van der Waals surface area contributed by atoms with Crippen LogP contribution in [-0.4, -0.2) is 19.9 Å². The fourth-order valence-corrected chi connectivity index (χ4v) is 2.51. The van der Waals surface area contributed by atoms with Crippen molar-refractivity contribution in [2.45, 2.75) is 0 Å². The van der Waals surface area contributed by atoms with Crippen LogP contribution in [0.1, 0.15) is 15.2 Å². The van der Waals surface area contributed by atoms with E-state index in [-0.39, 0.29) is 5.78 Å². The number of anilines is 1. The zero-order valence-corrected chi connectivity index (χ0v) is 11.2. The number of carbonyl (C=O) groups is 1. The molecule has 0 atom stereocenters. The molecule has 0 fully saturated rings. The van der Waals surface area contributed by atoms with E-state index >= 15 is 0 Å². The van der Waals surface area contributed by atoms with Crippen molar-refractivity contribution in [2.75, 3.05) is 19.0 Å². The highest BCUT2D eigenvalue weighted by Gasteiger charge is 2.12. The Bertz CT molecular complexity index is 548. The number of carbonyl (C=O) groups excluding carboxylic acids is 1. The Labute approximate surface area is 109 Å². The number of rotatable bonds is 3. The predicted molar refractivity (Wildman–Crippen MR) is 73.5 cm³/mol. The molecule has 0 aliphatic heterocycles. The van der Waals surface area contributed by atoms with Crippen LogP contribution in [0.15, 0.2) is 36.4 Å². The second-order valence-electron chi connectivity index (χ2n) is 3.88. The topological polar surface area (TPSA) is 20.3 Å². The highest BCUT2D eigenvalue weighted by molar-refractivity contribution is 7.18. The molecule has 0 saturated carbocycles. The lowest BCUT2D eigenvalue weighted by Gasteiger charge is -2.12. The molecular weight excluding hydrogens is 254 g/mol. The molecule has 1 aromatic carbocycles. The normalized spacial score (nSPS) is 10.3. The van der Waals surface area contributed by atoms with Gasteiger partial charge in [0.25, 0.3) is 0 Å². The summed E-state index contributed by atoms with van der Waals surface area (Å²) in [6.07, 6.45) is 0. The SMILES string of the molecule is CN(C)c1cccc(C(=O)c2ccc(Cl)s2)c1. The number of hydrogen-bond acceptors (Lipinski definition) is 3. The van der Waals surface area contributed by atoms with E-state index in [1.54, 1.807) is 12.1 Å². The van der Waals surface area contributed by atoms with E-state index in [1.807, 2.05) is 43.3 Å². The summed E-state index contributed by atoms with van der Waals surface area (Å²) in [6.45, 7) is 0. The second-order valence-corrected chi connectivity index (χ2v) is 5.59. The van der Waals surface area contributed by atoms with Gasteiger partial charge in [0.1, 0.15) is 0 Å². The van der Waals surface area contributed by atoms with Gasteiger partial charge in [-0.3, -0.25) is 4.79 Å². The monoisotopic (exact) mass is 265 g/mol. The molecule has 0 unspecified atom stereocenters. The number of hydrogen-bond donors (Lipinski definition) is 0. The van der Waals surface area contributed by atoms with Crippen LogP contribution in [0.2, 0.25) is 4.34 Å². The summed E-state index contributed by atoms with van der Waals surface area (Å²) in [7, 11) is 3.90. The highest BCUT2D eigenvalue weighted by atomic mass is 35.5. The standard InChI is InChI=1S/C13H12ClNOS/c1-15(2)10-5-3-4-9(8-10)13(16)11-6-7-12(14)17-11/h3-8H,1-2H3. The third kappa shape index (κ3) is 2.68. The van der Waals surface area contributed by atoms with Gasteiger partial charge in [-0.2, -0.15) is 0 Å². The molecule has 1 aromatic heterocycles. The van der Waals surface area contributed by atoms with Gasteiger partial charge in [0.05, 0.1) is 9.21 Å². The van der Waals surface area contributed by atoms with Gasteiger partial charge >= 0.3 is 0 Å². The Morgan fingerprint density at radius 2 is 2.00 bits per heavy atom. The van der Waals surface area contributed by atoms with Gasteiger partial charge in [0.15, 0.2) is 0 Å². The third-order valence-corrected chi connectivity index (χ3v) is 3.65. The van der Waals surface area contributed by atoms with Crippen LogP contribution in [-0.2, 0) is 0 Å². The lowest BCUT2D eigenvalue weighted by atomic mass is 10.1. The lowest BCUT2D eigenvalue weighted by Crippen LogP contribution is -2.09. The number of nitrogens with zero attached hydrogens (tertiary/aromatic N) is 1. The van der Waals surface area contributed by atoms with Gasteiger partial charge < -0.3 is 4.90 Å². The number of ketones is 1. The second kappa shape index (κ2) is 4.90. The first kappa shape index (κ1) is 12.1. The average Bonchev–Trinajstić information content (AvgIpc) is 2.75. The summed E-state index contributed by atoms with van der Waals surface area (Å²) < 4.78 is 0.636. The molecule has 1 heterocycles. The molecule has 4 heteroatoms. The highest BCUT2D eigenvalue weighted by Crippen LogP contribution is 2.25. The smallest absolute Gasteiger partial charge is 0.203 e. The Hall–Kier alpha value is -1.32. The summed E-state index contributed by atoms with van der Waals surface area (Å²) in [5.74, 6) is 0.0191. The largest absolute Gasteiger partial charge is 0.378 e. The van der Waals surface area contributed by atoms with Gasteiger partial charge in [-0.15, -0.1) is 11.3 Å². The van der Waals surface area contributed by atoms with E-state index in [0.717, 1.165) is 5.69 Å². The van der Waals surface area contributed by atoms with Crippen LogP contribution >= 0.6 is 22.9 Å². The summed E-state index contributed by atoms with van der Waals surface area (Å²) in [5.41, 5.74) is 1.70. The summed E-state index contributed by atoms with van der Waals surface area (Å²) in [5, 5.41) is 0. The zero-order chi connectivity index (χ0) is 12.4. The molecule has 0 aliphatic carbocycles. The first-order chi connectivity index (χ1) is 8.08. The fraction of sp³-hybridized carbons (Fsp3) is 0.154. The van der Waals surface area contributed by atoms with Crippen LogP contribution in [0.5, 0.6) is 0 Å². The molecule has 0 spiro atoms. The third-order valence-electron chi connectivity index (χ3n) is 2.42. The summed E-state index contributed by atoms with van der Waals surface area (Å²) >= 11 is 7.14. The van der Waals surface area contributed by atoms with Gasteiger partial charge in [0.2, 0.25) is 5.78 Å². The van der Waals surface area contributed by atoms with Crippen molar-refractivity contribution in [3.05, 3.63) is 51.2 Å². The Balaban J connectivity index is 2.34. The molecule has 0 amide bonds. The molecule has 88 valence electrons. The van der Waals surface area contributed by atoms with Crippen LogP contribution in [0, 0.1) is 0 Å². The van der Waals surface area contributed by atoms with E-state index in [1.165, 1.54) is 11.3 Å². The fourth-order valence-electron chi connectivity index (χ4n) is 1.50. The van der Waals surface area contributed by atoms with Gasteiger partial charge in [-0.25, -0.2) is 0 Å². The van der Waals surface area contributed by atoms with Crippen molar-refractivity contribution in [2.24, 2.45) is 0 Å². The van der Waals surface area contributed by atoms with Gasteiger partial charge in [0, 0.05) is 25.3 Å². The van der Waals surface area contributed by atoms with Crippen molar-refractivity contribution in [1.29, 1.82) is 0 Å². The van der Waals surface area contributed by atoms with Crippen LogP contribution in [0.4, 0.5) is 5.69 Å². The molecule has 17 heavy (non-hydrogen) atoms. The van der Waals surface area contributed by atoms with E-state index in [4.69, 9.17) is 11.6 Å². The quantitative estimate of drug-likeness (QED) is 0.789. The first-order valence-corrected chi connectivity index (χ1v) is 6.35. The summed E-state index contributed by atoms with van der Waals surface area (Å²) in [6, 6.07) is 11.1. The molecular formula is C13H12ClNOS. The number of halogens is 1. The number of thiophene rings is 1. The van der Waals surface area contributed by atoms with Gasteiger partial charge in [-0.1, -0.05) is 23.7 Å². The van der Waals surface area contributed by atoms with Crippen molar-refractivity contribution >= 4 is 34.4 Å². The van der Waals surface area contributed by atoms with E-state index < -0.39 is 0 Å². The first-order valence-electron chi connectivity index (χ1n) is 5.15. The van der Waals surface area contributed by atoms with Crippen molar-refractivity contribution < 1.29 is 4.79 Å². The van der Waals surface area contributed by atoms with Crippen LogP contribution in [0.25, 0.3) is 0 Å². The van der Waals surface area contributed by atoms with Gasteiger partial charge in [-0.05, 0) is 24.3 Å². The maximum Gasteiger partial charge on any atom is 0.203 e. The van der Waals surface area contributed by atoms with Crippen LogP contribution in [0.3, 0.4) is 0 Å². The molecule has 0 aliphatic rings. The van der Waals surface area contributed by atoms with Crippen molar-refractivity contribution in [1.82, 2.24) is 0 Å². The molecule has 0 saturated heterocycles. The molecule has 2 rings (SSSR count). The number of benzene rings is 1. The minimum absolute atomic E-state index is 0.0191. The van der Waals surface area contributed by atoms with Crippen LogP contribution < -0.4 is 4.90 Å². The van der Waals surface area contributed by atoms with Crippen molar-refractivity contribution in [3.63, 3.8) is 0 Å². The minimum atomic E-state index is 0.0191. The molecule has 2 aromatic rings. The molecule has 0 bridgehead atoms. The lowest BCUT2D eigenvalue weighted by molar-refractivity contribution is 0.104. The summed E-state index contributed by atoms with van der Waals surface area (Å²) in [4.78, 5) is 14.8. The predicted octanol–water partition coefficient (Wildman–Crippen LogP) is 3.70. The molecule has 0 N–H and O–H groups in total. The average molecular weight is 266 g/mol. The molecule has 0 radical (unpaired) electrons. The van der Waals surface area contributed by atoms with E-state index in [2.05, 4.69) is 0 Å². The maximum absolute atomic E-state index is 12.2. The Kier molecular flexibility index (Phi) is 3.50. The van der Waals surface area contributed by atoms with E-state index in [9.17, 15) is 4.79 Å². The maximum atomic E-state index is 12.2. The van der Waals surface area contributed by atoms with E-state index in [0.29, 0.717) is 14.8 Å².